The molecule has 1 aliphatic heterocycles. The predicted octanol–water partition coefficient (Wildman–Crippen LogP) is 7.35. The summed E-state index contributed by atoms with van der Waals surface area (Å²) < 4.78 is 5.54. The fourth-order valence-corrected chi connectivity index (χ4v) is 6.42. The molecule has 0 saturated carbocycles. The summed E-state index contributed by atoms with van der Waals surface area (Å²) in [7, 11) is 0. The molecule has 2 aliphatic rings. The first kappa shape index (κ1) is 25.5. The highest BCUT2D eigenvalue weighted by Gasteiger charge is 2.43. The van der Waals surface area contributed by atoms with Gasteiger partial charge in [0.1, 0.15) is 0 Å². The molecule has 4 rings (SSSR count). The van der Waals surface area contributed by atoms with Crippen LogP contribution in [0.2, 0.25) is 0 Å². The van der Waals surface area contributed by atoms with Gasteiger partial charge in [0, 0.05) is 29.0 Å². The normalized spacial score (nSPS) is 17.4. The molecule has 0 amide bonds. The smallest absolute Gasteiger partial charge is 0.182 e. The maximum absolute atomic E-state index is 13.9. The van der Waals surface area contributed by atoms with Crippen molar-refractivity contribution in [1.82, 2.24) is 4.90 Å². The van der Waals surface area contributed by atoms with Gasteiger partial charge in [-0.25, -0.2) is 0 Å². The number of ketones is 1. The minimum Gasteiger partial charge on any atom is -0.379 e. The van der Waals surface area contributed by atoms with Crippen LogP contribution in [-0.2, 0) is 10.2 Å². The van der Waals surface area contributed by atoms with Crippen molar-refractivity contribution < 1.29 is 9.53 Å². The number of benzene rings is 2. The Labute approximate surface area is 210 Å². The Balaban J connectivity index is 1.81. The molecule has 184 valence electrons. The van der Waals surface area contributed by atoms with E-state index >= 15 is 0 Å². The number of thioether (sulfide) groups is 1. The molecule has 4 heteroatoms. The second-order valence-corrected chi connectivity index (χ2v) is 11.3. The lowest BCUT2D eigenvalue weighted by atomic mass is 9.70. The number of fused-ring (bicyclic) bond motifs is 3. The molecule has 1 fully saturated rings. The number of hydrogen-bond acceptors (Lipinski definition) is 4. The molecule has 1 saturated heterocycles. The van der Waals surface area contributed by atoms with Gasteiger partial charge in [-0.05, 0) is 73.4 Å². The number of carbonyl (C=O) groups is 1. The summed E-state index contributed by atoms with van der Waals surface area (Å²) in [6.45, 7) is 11.7. The Bertz CT molecular complexity index is 1010. The van der Waals surface area contributed by atoms with Gasteiger partial charge in [0.2, 0.25) is 0 Å². The Kier molecular flexibility index (Phi) is 7.91. The fraction of sp³-hybridized carbons (Fsp3) is 0.567. The van der Waals surface area contributed by atoms with Crippen molar-refractivity contribution in [2.45, 2.75) is 82.1 Å². The molecule has 0 N–H and O–H groups in total. The average Bonchev–Trinajstić information content (AvgIpc) is 3.14. The fourth-order valence-electron chi connectivity index (χ4n) is 5.98. The second kappa shape index (κ2) is 10.6. The van der Waals surface area contributed by atoms with E-state index < -0.39 is 5.54 Å². The molecule has 0 atom stereocenters. The second-order valence-electron chi connectivity index (χ2n) is 10.4. The monoisotopic (exact) mass is 479 g/mol. The highest BCUT2D eigenvalue weighted by molar-refractivity contribution is 7.98. The van der Waals surface area contributed by atoms with Gasteiger partial charge in [-0.2, -0.15) is 0 Å². The molecule has 3 nitrogen and oxygen atoms in total. The van der Waals surface area contributed by atoms with Gasteiger partial charge in [0.05, 0.1) is 18.8 Å². The van der Waals surface area contributed by atoms with Crippen LogP contribution >= 0.6 is 11.8 Å². The van der Waals surface area contributed by atoms with E-state index in [0.717, 1.165) is 31.5 Å². The highest BCUT2D eigenvalue weighted by Crippen LogP contribution is 2.55. The number of nitrogens with zero attached hydrogens (tertiary/aromatic N) is 1. The van der Waals surface area contributed by atoms with Crippen LogP contribution in [0.3, 0.4) is 0 Å². The van der Waals surface area contributed by atoms with Crippen molar-refractivity contribution in [3.05, 3.63) is 53.1 Å². The van der Waals surface area contributed by atoms with Crippen molar-refractivity contribution in [1.29, 1.82) is 0 Å². The summed E-state index contributed by atoms with van der Waals surface area (Å²) in [5.41, 5.74) is 5.87. The van der Waals surface area contributed by atoms with Crippen LogP contribution in [0.4, 0.5) is 0 Å². The van der Waals surface area contributed by atoms with Crippen molar-refractivity contribution in [2.24, 2.45) is 0 Å². The summed E-state index contributed by atoms with van der Waals surface area (Å²) in [5, 5.41) is 0. The zero-order valence-electron chi connectivity index (χ0n) is 21.7. The van der Waals surface area contributed by atoms with Gasteiger partial charge in [-0.1, -0.05) is 57.7 Å². The molecule has 2 aromatic carbocycles. The third-order valence-electron chi connectivity index (χ3n) is 8.10. The maximum atomic E-state index is 13.9. The SMILES string of the molecule is CCCCC1(CCCC)c2cc(SC)ccc2-c2ccc(C(=O)C(C)(C)N3CCOCC3)cc21. The predicted molar refractivity (Wildman–Crippen MR) is 144 cm³/mol. The van der Waals surface area contributed by atoms with E-state index in [0.29, 0.717) is 13.2 Å². The van der Waals surface area contributed by atoms with E-state index in [4.69, 9.17) is 4.74 Å². The van der Waals surface area contributed by atoms with Crippen molar-refractivity contribution in [3.63, 3.8) is 0 Å². The van der Waals surface area contributed by atoms with Crippen molar-refractivity contribution in [3.8, 4) is 11.1 Å². The summed E-state index contributed by atoms with van der Waals surface area (Å²) >= 11 is 1.82. The van der Waals surface area contributed by atoms with Gasteiger partial charge in [-0.3, -0.25) is 9.69 Å². The number of Topliss-reactive ketones (excluding diaryl/α,β-unsaturated/α-hetero) is 1. The van der Waals surface area contributed by atoms with E-state index in [1.807, 2.05) is 11.8 Å². The molecule has 2 aromatic rings. The van der Waals surface area contributed by atoms with Crippen molar-refractivity contribution >= 4 is 17.5 Å². The number of ether oxygens (including phenoxy) is 1. The molecule has 1 aliphatic carbocycles. The molecular weight excluding hydrogens is 438 g/mol. The molecular formula is C30H41NO2S. The summed E-state index contributed by atoms with van der Waals surface area (Å²) in [6.07, 6.45) is 9.21. The molecule has 34 heavy (non-hydrogen) atoms. The first-order valence-electron chi connectivity index (χ1n) is 13.1. The molecule has 1 heterocycles. The zero-order valence-corrected chi connectivity index (χ0v) is 22.5. The van der Waals surface area contributed by atoms with Crippen LogP contribution in [0.5, 0.6) is 0 Å². The van der Waals surface area contributed by atoms with E-state index in [-0.39, 0.29) is 11.2 Å². The molecule has 0 radical (unpaired) electrons. The van der Waals surface area contributed by atoms with Crippen LogP contribution in [0.1, 0.15) is 87.7 Å². The molecule has 0 unspecified atom stereocenters. The number of carbonyl (C=O) groups excluding carboxylic acids is 1. The maximum Gasteiger partial charge on any atom is 0.182 e. The topological polar surface area (TPSA) is 29.5 Å². The number of hydrogen-bond donors (Lipinski definition) is 0. The van der Waals surface area contributed by atoms with Gasteiger partial charge in [0.25, 0.3) is 0 Å². The third-order valence-corrected chi connectivity index (χ3v) is 8.83. The zero-order chi connectivity index (χ0) is 24.3. The minimum atomic E-state index is -0.537. The van der Waals surface area contributed by atoms with E-state index in [2.05, 4.69) is 75.2 Å². The third kappa shape index (κ3) is 4.50. The van der Waals surface area contributed by atoms with Gasteiger partial charge < -0.3 is 4.74 Å². The number of unbranched alkanes of at least 4 members (excludes halogenated alkanes) is 2. The summed E-state index contributed by atoms with van der Waals surface area (Å²) in [5.74, 6) is 0.220. The lowest BCUT2D eigenvalue weighted by Crippen LogP contribution is -2.54. The highest BCUT2D eigenvalue weighted by atomic mass is 32.2. The molecule has 0 bridgehead atoms. The van der Waals surface area contributed by atoms with Gasteiger partial charge >= 0.3 is 0 Å². The van der Waals surface area contributed by atoms with Crippen LogP contribution < -0.4 is 0 Å². The first-order chi connectivity index (χ1) is 16.4. The summed E-state index contributed by atoms with van der Waals surface area (Å²) in [6, 6.07) is 13.6. The Morgan fingerprint density at radius 2 is 1.56 bits per heavy atom. The quantitative estimate of drug-likeness (QED) is 0.263. The van der Waals surface area contributed by atoms with E-state index in [1.54, 1.807) is 0 Å². The minimum absolute atomic E-state index is 0.00181. The Morgan fingerprint density at radius 3 is 2.15 bits per heavy atom. The van der Waals surface area contributed by atoms with Crippen molar-refractivity contribution in [2.75, 3.05) is 32.6 Å². The molecule has 0 aromatic heterocycles. The number of morpholine rings is 1. The van der Waals surface area contributed by atoms with Gasteiger partial charge in [-0.15, -0.1) is 11.8 Å². The van der Waals surface area contributed by atoms with E-state index in [9.17, 15) is 4.79 Å². The lowest BCUT2D eigenvalue weighted by molar-refractivity contribution is -0.00430. The Morgan fingerprint density at radius 1 is 0.971 bits per heavy atom. The van der Waals surface area contributed by atoms with E-state index in [1.165, 1.54) is 52.8 Å². The van der Waals surface area contributed by atoms with Crippen LogP contribution in [-0.4, -0.2) is 48.8 Å². The Hall–Kier alpha value is -1.62. The average molecular weight is 480 g/mol. The van der Waals surface area contributed by atoms with Crippen LogP contribution in [0, 0.1) is 0 Å². The lowest BCUT2D eigenvalue weighted by Gasteiger charge is -2.39. The first-order valence-corrected chi connectivity index (χ1v) is 14.3. The van der Waals surface area contributed by atoms with Gasteiger partial charge in [0.15, 0.2) is 5.78 Å². The summed E-state index contributed by atoms with van der Waals surface area (Å²) in [4.78, 5) is 17.5. The molecule has 0 spiro atoms. The standard InChI is InChI=1S/C30H41NO2S/c1-6-8-14-30(15-9-7-2)26-20-22(28(32)29(3,4)31-16-18-33-19-17-31)10-12-24(26)25-13-11-23(34-5)21-27(25)30/h10-13,20-21H,6-9,14-19H2,1-5H3. The van der Waals surface area contributed by atoms with Crippen LogP contribution in [0.25, 0.3) is 11.1 Å². The largest absolute Gasteiger partial charge is 0.379 e. The van der Waals surface area contributed by atoms with Crippen LogP contribution in [0.15, 0.2) is 41.3 Å². The number of rotatable bonds is 10.